The first-order chi connectivity index (χ1) is 8.71. The third-order valence-corrected chi connectivity index (χ3v) is 4.63. The molecule has 1 aliphatic heterocycles. The number of aliphatic carboxylic acids is 1. The second kappa shape index (κ2) is 6.02. The summed E-state index contributed by atoms with van der Waals surface area (Å²) in [6.45, 7) is 1.82. The highest BCUT2D eigenvalue weighted by molar-refractivity contribution is 5.80. The van der Waals surface area contributed by atoms with Crippen molar-refractivity contribution in [1.29, 1.82) is 0 Å². The van der Waals surface area contributed by atoms with E-state index in [0.717, 1.165) is 51.6 Å². The number of carbonyl (C=O) groups is 1. The summed E-state index contributed by atoms with van der Waals surface area (Å²) in [6, 6.07) is 0. The van der Waals surface area contributed by atoms with Crippen molar-refractivity contribution in [1.82, 2.24) is 4.90 Å². The molecule has 2 aliphatic rings. The number of hydrogen-bond donors (Lipinski definition) is 1. The maximum Gasteiger partial charge on any atom is 0.326 e. The molecule has 4 heteroatoms. The zero-order valence-corrected chi connectivity index (χ0v) is 11.4. The Hall–Kier alpha value is -0.610. The van der Waals surface area contributed by atoms with Crippen LogP contribution in [0.25, 0.3) is 0 Å². The van der Waals surface area contributed by atoms with Gasteiger partial charge in [-0.3, -0.25) is 9.69 Å². The van der Waals surface area contributed by atoms with Crippen molar-refractivity contribution in [3.05, 3.63) is 0 Å². The molecule has 1 N–H and O–H groups in total. The first-order valence-corrected chi connectivity index (χ1v) is 7.23. The van der Waals surface area contributed by atoms with Crippen LogP contribution in [0.15, 0.2) is 0 Å². The monoisotopic (exact) mass is 255 g/mol. The van der Waals surface area contributed by atoms with Crippen LogP contribution in [0.5, 0.6) is 0 Å². The van der Waals surface area contributed by atoms with Crippen molar-refractivity contribution in [2.24, 2.45) is 0 Å². The van der Waals surface area contributed by atoms with Crippen LogP contribution < -0.4 is 0 Å². The van der Waals surface area contributed by atoms with Gasteiger partial charge in [0.2, 0.25) is 0 Å². The van der Waals surface area contributed by atoms with Crippen molar-refractivity contribution in [3.8, 4) is 0 Å². The molecule has 1 saturated carbocycles. The normalized spacial score (nSPS) is 35.1. The fourth-order valence-electron chi connectivity index (χ4n) is 3.65. The molecule has 2 fully saturated rings. The summed E-state index contributed by atoms with van der Waals surface area (Å²) in [5, 5.41) is 9.81. The Morgan fingerprint density at radius 3 is 2.39 bits per heavy atom. The van der Waals surface area contributed by atoms with E-state index in [1.54, 1.807) is 7.11 Å². The van der Waals surface area contributed by atoms with Gasteiger partial charge < -0.3 is 9.84 Å². The van der Waals surface area contributed by atoms with E-state index in [2.05, 4.69) is 4.90 Å². The molecule has 0 aromatic heterocycles. The Kier molecular flexibility index (Phi) is 4.62. The highest BCUT2D eigenvalue weighted by atomic mass is 16.5. The third kappa shape index (κ3) is 2.41. The Balaban J connectivity index is 2.25. The lowest BCUT2D eigenvalue weighted by molar-refractivity contribution is -0.168. The van der Waals surface area contributed by atoms with E-state index in [0.29, 0.717) is 0 Å². The van der Waals surface area contributed by atoms with Gasteiger partial charge in [0.05, 0.1) is 6.10 Å². The Bertz CT molecular complexity index is 287. The largest absolute Gasteiger partial charge is 0.480 e. The van der Waals surface area contributed by atoms with Gasteiger partial charge >= 0.3 is 5.97 Å². The average molecular weight is 255 g/mol. The van der Waals surface area contributed by atoms with Crippen LogP contribution in [-0.2, 0) is 9.53 Å². The number of carboxylic acids is 1. The number of nitrogens with zero attached hydrogens (tertiary/aromatic N) is 1. The van der Waals surface area contributed by atoms with Crippen molar-refractivity contribution >= 4 is 5.97 Å². The van der Waals surface area contributed by atoms with E-state index in [-0.39, 0.29) is 6.10 Å². The van der Waals surface area contributed by atoms with Gasteiger partial charge in [-0.1, -0.05) is 25.7 Å². The molecule has 0 aromatic carbocycles. The van der Waals surface area contributed by atoms with E-state index >= 15 is 0 Å². The molecular weight excluding hydrogens is 230 g/mol. The molecule has 1 heterocycles. The third-order valence-electron chi connectivity index (χ3n) is 4.63. The van der Waals surface area contributed by atoms with E-state index in [1.165, 1.54) is 12.8 Å². The fraction of sp³-hybridized carbons (Fsp3) is 0.929. The van der Waals surface area contributed by atoms with Gasteiger partial charge in [-0.15, -0.1) is 0 Å². The Labute approximate surface area is 109 Å². The zero-order valence-electron chi connectivity index (χ0n) is 11.4. The van der Waals surface area contributed by atoms with Crippen LogP contribution in [0, 0.1) is 0 Å². The number of carboxylic acid groups (broad SMARTS) is 1. The number of ether oxygens (including phenoxy) is 1. The van der Waals surface area contributed by atoms with Gasteiger partial charge in [0, 0.05) is 7.11 Å². The van der Waals surface area contributed by atoms with Crippen molar-refractivity contribution < 1.29 is 14.6 Å². The summed E-state index contributed by atoms with van der Waals surface area (Å²) in [4.78, 5) is 14.1. The summed E-state index contributed by atoms with van der Waals surface area (Å²) in [5.41, 5.74) is -0.767. The maximum atomic E-state index is 11.9. The lowest BCUT2D eigenvalue weighted by atomic mass is 9.77. The summed E-state index contributed by atoms with van der Waals surface area (Å²) in [6.07, 6.45) is 8.23. The van der Waals surface area contributed by atoms with E-state index in [9.17, 15) is 9.90 Å². The number of hydrogen-bond acceptors (Lipinski definition) is 3. The second-order valence-corrected chi connectivity index (χ2v) is 5.60. The minimum absolute atomic E-state index is 0.151. The molecule has 0 aromatic rings. The van der Waals surface area contributed by atoms with Crippen LogP contribution in [0.2, 0.25) is 0 Å². The first-order valence-electron chi connectivity index (χ1n) is 7.23. The van der Waals surface area contributed by atoms with Gasteiger partial charge in [-0.05, 0) is 38.8 Å². The molecule has 1 aliphatic carbocycles. The standard InChI is InChI=1S/C14H25NO3/c1-18-12-8-4-5-9-14(12,13(16)17)15-10-6-2-3-7-11-15/h12H,2-11H2,1H3,(H,16,17). The molecule has 0 radical (unpaired) electrons. The quantitative estimate of drug-likeness (QED) is 0.840. The SMILES string of the molecule is COC1CCCCC1(C(=O)O)N1CCCCCC1. The lowest BCUT2D eigenvalue weighted by Crippen LogP contribution is -2.64. The molecule has 18 heavy (non-hydrogen) atoms. The van der Waals surface area contributed by atoms with E-state index in [4.69, 9.17) is 4.74 Å². The highest BCUT2D eigenvalue weighted by Gasteiger charge is 2.51. The Morgan fingerprint density at radius 1 is 1.17 bits per heavy atom. The molecule has 2 unspecified atom stereocenters. The molecular formula is C14H25NO3. The smallest absolute Gasteiger partial charge is 0.326 e. The van der Waals surface area contributed by atoms with E-state index < -0.39 is 11.5 Å². The van der Waals surface area contributed by atoms with Crippen molar-refractivity contribution in [2.45, 2.75) is 63.0 Å². The van der Waals surface area contributed by atoms with Crippen LogP contribution in [0.3, 0.4) is 0 Å². The van der Waals surface area contributed by atoms with Gasteiger partial charge in [0.15, 0.2) is 0 Å². The zero-order chi connectivity index (χ0) is 13.0. The van der Waals surface area contributed by atoms with Crippen LogP contribution in [0.4, 0.5) is 0 Å². The van der Waals surface area contributed by atoms with Crippen molar-refractivity contribution in [3.63, 3.8) is 0 Å². The van der Waals surface area contributed by atoms with Gasteiger partial charge in [0.25, 0.3) is 0 Å². The van der Waals surface area contributed by atoms with Crippen LogP contribution in [-0.4, -0.2) is 47.8 Å². The number of methoxy groups -OCH3 is 1. The molecule has 2 atom stereocenters. The lowest BCUT2D eigenvalue weighted by Gasteiger charge is -2.47. The number of likely N-dealkylation sites (tertiary alicyclic amines) is 1. The fourth-order valence-corrected chi connectivity index (χ4v) is 3.65. The van der Waals surface area contributed by atoms with Crippen LogP contribution in [0.1, 0.15) is 51.4 Å². The minimum Gasteiger partial charge on any atom is -0.480 e. The molecule has 0 amide bonds. The second-order valence-electron chi connectivity index (χ2n) is 5.60. The topological polar surface area (TPSA) is 49.8 Å². The highest BCUT2D eigenvalue weighted by Crippen LogP contribution is 2.37. The molecule has 2 rings (SSSR count). The molecule has 0 spiro atoms. The predicted octanol–water partition coefficient (Wildman–Crippen LogP) is 2.27. The molecule has 0 bridgehead atoms. The molecule has 1 saturated heterocycles. The summed E-state index contributed by atoms with van der Waals surface area (Å²) >= 11 is 0. The summed E-state index contributed by atoms with van der Waals surface area (Å²) in [5.74, 6) is -0.684. The first kappa shape index (κ1) is 13.8. The average Bonchev–Trinajstić information content (AvgIpc) is 2.67. The maximum absolute atomic E-state index is 11.9. The van der Waals surface area contributed by atoms with Crippen LogP contribution >= 0.6 is 0 Å². The van der Waals surface area contributed by atoms with Gasteiger partial charge in [-0.25, -0.2) is 0 Å². The van der Waals surface area contributed by atoms with Gasteiger partial charge in [-0.2, -0.15) is 0 Å². The van der Waals surface area contributed by atoms with Crippen molar-refractivity contribution in [2.75, 3.05) is 20.2 Å². The minimum atomic E-state index is -0.767. The van der Waals surface area contributed by atoms with E-state index in [1.807, 2.05) is 0 Å². The molecule has 4 nitrogen and oxygen atoms in total. The summed E-state index contributed by atoms with van der Waals surface area (Å²) < 4.78 is 5.54. The summed E-state index contributed by atoms with van der Waals surface area (Å²) in [7, 11) is 1.66. The molecule has 104 valence electrons. The number of rotatable bonds is 3. The Morgan fingerprint density at radius 2 is 1.83 bits per heavy atom. The predicted molar refractivity (Wildman–Crippen MR) is 69.7 cm³/mol. The van der Waals surface area contributed by atoms with Gasteiger partial charge in [0.1, 0.15) is 5.54 Å².